The Hall–Kier alpha value is -1.63. The molecular formula is C9H14N4O3. The molecule has 0 atom stereocenters. The predicted molar refractivity (Wildman–Crippen MR) is 54.1 cm³/mol. The number of carbonyl (C=O) groups excluding carboxylic acids is 1. The molecule has 0 radical (unpaired) electrons. The zero-order valence-electron chi connectivity index (χ0n) is 8.83. The highest BCUT2D eigenvalue weighted by Crippen LogP contribution is 2.28. The van der Waals surface area contributed by atoms with Gasteiger partial charge in [-0.05, 0) is 18.8 Å². The fourth-order valence-electron chi connectivity index (χ4n) is 1.17. The van der Waals surface area contributed by atoms with Gasteiger partial charge in [-0.2, -0.15) is 0 Å². The van der Waals surface area contributed by atoms with Crippen LogP contribution in [-0.4, -0.2) is 34.1 Å². The van der Waals surface area contributed by atoms with Gasteiger partial charge in [0.15, 0.2) is 6.79 Å². The second-order valence-electron chi connectivity index (χ2n) is 3.75. The van der Waals surface area contributed by atoms with Gasteiger partial charge in [-0.3, -0.25) is 0 Å². The third-order valence-corrected chi connectivity index (χ3v) is 2.20. The van der Waals surface area contributed by atoms with Gasteiger partial charge < -0.3 is 15.2 Å². The molecule has 7 nitrogen and oxygen atoms in total. The Kier molecular flexibility index (Phi) is 3.35. The third-order valence-electron chi connectivity index (χ3n) is 2.20. The lowest BCUT2D eigenvalue weighted by molar-refractivity contribution is -0.157. The molecule has 1 fully saturated rings. The Balaban J connectivity index is 1.59. The van der Waals surface area contributed by atoms with E-state index < -0.39 is 5.97 Å². The first kappa shape index (κ1) is 10.9. The maximum atomic E-state index is 11.3. The van der Waals surface area contributed by atoms with E-state index in [0.29, 0.717) is 12.5 Å². The Morgan fingerprint density at radius 2 is 2.44 bits per heavy atom. The molecule has 0 amide bonds. The van der Waals surface area contributed by atoms with E-state index in [-0.39, 0.29) is 19.3 Å². The average molecular weight is 226 g/mol. The van der Waals surface area contributed by atoms with Crippen LogP contribution in [0.4, 0.5) is 5.95 Å². The van der Waals surface area contributed by atoms with E-state index in [0.717, 1.165) is 0 Å². The number of esters is 1. The van der Waals surface area contributed by atoms with Gasteiger partial charge in [-0.1, -0.05) is 0 Å². The third kappa shape index (κ3) is 3.50. The fraction of sp³-hybridized carbons (Fsp3) is 0.667. The summed E-state index contributed by atoms with van der Waals surface area (Å²) in [5.74, 6) is 0.382. The van der Waals surface area contributed by atoms with Gasteiger partial charge in [0.1, 0.15) is 12.9 Å². The van der Waals surface area contributed by atoms with Crippen molar-refractivity contribution in [2.24, 2.45) is 5.92 Å². The number of hydrogen-bond donors (Lipinski definition) is 1. The Bertz CT molecular complexity index is 361. The molecule has 16 heavy (non-hydrogen) atoms. The molecule has 0 aromatic carbocycles. The van der Waals surface area contributed by atoms with Crippen molar-refractivity contribution in [3.05, 3.63) is 6.33 Å². The Morgan fingerprint density at radius 3 is 3.06 bits per heavy atom. The van der Waals surface area contributed by atoms with Crippen LogP contribution in [0.25, 0.3) is 0 Å². The van der Waals surface area contributed by atoms with Gasteiger partial charge in [-0.25, -0.2) is 14.5 Å². The van der Waals surface area contributed by atoms with Crippen LogP contribution in [0.1, 0.15) is 12.8 Å². The number of hydrogen-bond acceptors (Lipinski definition) is 6. The minimum Gasteiger partial charge on any atom is -0.437 e. The molecule has 1 aromatic rings. The highest BCUT2D eigenvalue weighted by Gasteiger charge is 2.21. The zero-order chi connectivity index (χ0) is 11.4. The summed E-state index contributed by atoms with van der Waals surface area (Å²) in [6, 6.07) is 0. The maximum Gasteiger partial charge on any atom is 0.329 e. The van der Waals surface area contributed by atoms with Crippen molar-refractivity contribution in [3.63, 3.8) is 0 Å². The van der Waals surface area contributed by atoms with Crippen molar-refractivity contribution in [2.75, 3.05) is 19.1 Å². The van der Waals surface area contributed by atoms with Crippen LogP contribution < -0.4 is 5.73 Å². The summed E-state index contributed by atoms with van der Waals surface area (Å²) in [7, 11) is 0. The van der Waals surface area contributed by atoms with Crippen molar-refractivity contribution < 1.29 is 14.3 Å². The lowest BCUT2D eigenvalue weighted by Crippen LogP contribution is -2.16. The second kappa shape index (κ2) is 4.93. The SMILES string of the molecule is Nc1ncn(CC(=O)OCOCC2CC2)n1. The van der Waals surface area contributed by atoms with E-state index in [1.54, 1.807) is 0 Å². The minimum atomic E-state index is -0.416. The highest BCUT2D eigenvalue weighted by atomic mass is 16.7. The quantitative estimate of drug-likeness (QED) is 0.410. The van der Waals surface area contributed by atoms with Crippen LogP contribution in [-0.2, 0) is 20.8 Å². The summed E-state index contributed by atoms with van der Waals surface area (Å²) < 4.78 is 11.3. The zero-order valence-corrected chi connectivity index (χ0v) is 8.83. The summed E-state index contributed by atoms with van der Waals surface area (Å²) >= 11 is 0. The fourth-order valence-corrected chi connectivity index (χ4v) is 1.17. The number of ether oxygens (including phenoxy) is 2. The summed E-state index contributed by atoms with van der Waals surface area (Å²) in [6.07, 6.45) is 3.81. The monoisotopic (exact) mass is 226 g/mol. The molecule has 0 saturated heterocycles. The molecule has 0 spiro atoms. The van der Waals surface area contributed by atoms with Gasteiger partial charge in [0.25, 0.3) is 0 Å². The lowest BCUT2D eigenvalue weighted by Gasteiger charge is -2.04. The van der Waals surface area contributed by atoms with E-state index in [1.165, 1.54) is 23.9 Å². The van der Waals surface area contributed by atoms with E-state index in [2.05, 4.69) is 10.1 Å². The van der Waals surface area contributed by atoms with Gasteiger partial charge >= 0.3 is 5.97 Å². The molecule has 1 aromatic heterocycles. The molecule has 0 unspecified atom stereocenters. The van der Waals surface area contributed by atoms with Gasteiger partial charge in [0.2, 0.25) is 5.95 Å². The van der Waals surface area contributed by atoms with Crippen LogP contribution in [0.3, 0.4) is 0 Å². The van der Waals surface area contributed by atoms with Crippen molar-refractivity contribution >= 4 is 11.9 Å². The molecule has 1 aliphatic carbocycles. The van der Waals surface area contributed by atoms with Crippen LogP contribution in [0.2, 0.25) is 0 Å². The Morgan fingerprint density at radius 1 is 1.62 bits per heavy atom. The predicted octanol–water partition coefficient (Wildman–Crippen LogP) is -0.212. The maximum absolute atomic E-state index is 11.3. The summed E-state index contributed by atoms with van der Waals surface area (Å²) in [4.78, 5) is 14.9. The van der Waals surface area contributed by atoms with E-state index in [1.807, 2.05) is 0 Å². The summed E-state index contributed by atoms with van der Waals surface area (Å²) in [5, 5.41) is 3.76. The van der Waals surface area contributed by atoms with Gasteiger partial charge in [0.05, 0.1) is 6.61 Å². The minimum absolute atomic E-state index is 0.000484. The first-order valence-electron chi connectivity index (χ1n) is 5.12. The molecule has 0 bridgehead atoms. The molecule has 0 aliphatic heterocycles. The number of anilines is 1. The molecule has 1 aliphatic rings. The van der Waals surface area contributed by atoms with Crippen molar-refractivity contribution in [3.8, 4) is 0 Å². The largest absolute Gasteiger partial charge is 0.437 e. The number of nitrogens with zero attached hydrogens (tertiary/aromatic N) is 3. The topological polar surface area (TPSA) is 92.3 Å². The molecular weight excluding hydrogens is 212 g/mol. The van der Waals surface area contributed by atoms with Crippen molar-refractivity contribution in [1.82, 2.24) is 14.8 Å². The van der Waals surface area contributed by atoms with E-state index >= 15 is 0 Å². The molecule has 2 N–H and O–H groups in total. The van der Waals surface area contributed by atoms with E-state index in [9.17, 15) is 4.79 Å². The summed E-state index contributed by atoms with van der Waals surface area (Å²) in [5.41, 5.74) is 5.30. The summed E-state index contributed by atoms with van der Waals surface area (Å²) in [6.45, 7) is 0.667. The van der Waals surface area contributed by atoms with Gasteiger partial charge in [-0.15, -0.1) is 5.10 Å². The van der Waals surface area contributed by atoms with Crippen LogP contribution in [0.15, 0.2) is 6.33 Å². The first-order chi connectivity index (χ1) is 7.74. The average Bonchev–Trinajstić information content (AvgIpc) is 2.98. The number of aromatic nitrogens is 3. The van der Waals surface area contributed by atoms with Crippen LogP contribution in [0.5, 0.6) is 0 Å². The Labute approximate surface area is 92.5 Å². The molecule has 88 valence electrons. The molecule has 1 heterocycles. The van der Waals surface area contributed by atoms with Crippen LogP contribution >= 0.6 is 0 Å². The molecule has 7 heteroatoms. The highest BCUT2D eigenvalue weighted by molar-refractivity contribution is 5.68. The number of rotatable bonds is 6. The molecule has 2 rings (SSSR count). The number of carbonyl (C=O) groups is 1. The second-order valence-corrected chi connectivity index (χ2v) is 3.75. The van der Waals surface area contributed by atoms with Crippen molar-refractivity contribution in [2.45, 2.75) is 19.4 Å². The van der Waals surface area contributed by atoms with Crippen molar-refractivity contribution in [1.29, 1.82) is 0 Å². The van der Waals surface area contributed by atoms with Crippen LogP contribution in [0, 0.1) is 5.92 Å². The smallest absolute Gasteiger partial charge is 0.329 e. The van der Waals surface area contributed by atoms with E-state index in [4.69, 9.17) is 15.2 Å². The number of nitrogen functional groups attached to an aromatic ring is 1. The van der Waals surface area contributed by atoms with Gasteiger partial charge in [0, 0.05) is 0 Å². The lowest BCUT2D eigenvalue weighted by atomic mass is 10.5. The molecule has 1 saturated carbocycles. The number of nitrogens with two attached hydrogens (primary N) is 1. The normalized spacial score (nSPS) is 15.0. The first-order valence-corrected chi connectivity index (χ1v) is 5.12. The standard InChI is InChI=1S/C9H14N4O3/c10-9-11-5-13(12-9)3-8(14)16-6-15-4-7-1-2-7/h5,7H,1-4,6H2,(H2,10,12).